The van der Waals surface area contributed by atoms with Crippen LogP contribution in [-0.2, 0) is 0 Å². The van der Waals surface area contributed by atoms with E-state index >= 15 is 0 Å². The number of pyridine rings is 1. The van der Waals surface area contributed by atoms with E-state index < -0.39 is 0 Å². The number of anilines is 1. The molecule has 2 atom stereocenters. The lowest BCUT2D eigenvalue weighted by Crippen LogP contribution is -2.54. The predicted octanol–water partition coefficient (Wildman–Crippen LogP) is 2.53. The molecule has 1 aliphatic heterocycles. The molecule has 1 aromatic heterocycles. The van der Waals surface area contributed by atoms with Crippen molar-refractivity contribution in [3.8, 4) is 6.07 Å². The maximum atomic E-state index is 10.3. The first-order chi connectivity index (χ1) is 12.3. The minimum Gasteiger partial charge on any atom is -0.391 e. The number of aliphatic hydroxyl groups is 1. The Balaban J connectivity index is 1.57. The number of hydrogen-bond acceptors (Lipinski definition) is 5. The summed E-state index contributed by atoms with van der Waals surface area (Å²) < 4.78 is 0. The Labute approximate surface area is 148 Å². The Kier molecular flexibility index (Phi) is 4.56. The van der Waals surface area contributed by atoms with Crippen molar-refractivity contribution in [1.82, 2.24) is 9.88 Å². The molecule has 0 radical (unpaired) electrons. The first kappa shape index (κ1) is 16.3. The molecule has 130 valence electrons. The van der Waals surface area contributed by atoms with Gasteiger partial charge in [-0.25, -0.2) is 0 Å². The Hall–Kier alpha value is -2.16. The topological polar surface area (TPSA) is 63.4 Å². The van der Waals surface area contributed by atoms with E-state index in [9.17, 15) is 10.4 Å². The standard InChI is InChI=1S/C20H24N4O/c21-13-15-14-22-17-6-2-1-5-16(17)20(15)24-11-9-23(10-12-24)18-7-3-4-8-19(18)25/h1-2,5-6,14,18-19,25H,3-4,7-12H2. The highest BCUT2D eigenvalue weighted by atomic mass is 16.3. The fourth-order valence-electron chi connectivity index (χ4n) is 4.34. The zero-order valence-electron chi connectivity index (χ0n) is 14.4. The van der Waals surface area contributed by atoms with Crippen molar-refractivity contribution < 1.29 is 5.11 Å². The lowest BCUT2D eigenvalue weighted by Gasteiger charge is -2.43. The molecule has 1 N–H and O–H groups in total. The molecule has 4 rings (SSSR count). The maximum Gasteiger partial charge on any atom is 0.103 e. The van der Waals surface area contributed by atoms with E-state index in [0.29, 0.717) is 11.6 Å². The highest BCUT2D eigenvalue weighted by Gasteiger charge is 2.31. The third-order valence-electron chi connectivity index (χ3n) is 5.66. The Morgan fingerprint density at radius 3 is 2.60 bits per heavy atom. The molecular weight excluding hydrogens is 312 g/mol. The van der Waals surface area contributed by atoms with Crippen molar-refractivity contribution in [2.24, 2.45) is 0 Å². The lowest BCUT2D eigenvalue weighted by molar-refractivity contribution is 0.0173. The Morgan fingerprint density at radius 1 is 1.08 bits per heavy atom. The van der Waals surface area contributed by atoms with Crippen LogP contribution in [0.25, 0.3) is 10.9 Å². The van der Waals surface area contributed by atoms with Crippen LogP contribution in [0, 0.1) is 11.3 Å². The smallest absolute Gasteiger partial charge is 0.103 e. The predicted molar refractivity (Wildman–Crippen MR) is 98.5 cm³/mol. The average Bonchev–Trinajstić information content (AvgIpc) is 2.67. The third kappa shape index (κ3) is 3.08. The SMILES string of the molecule is N#Cc1cnc2ccccc2c1N1CCN(C2CCCCC2O)CC1. The summed E-state index contributed by atoms with van der Waals surface area (Å²) in [5, 5.41) is 20.9. The van der Waals surface area contributed by atoms with E-state index in [1.54, 1.807) is 6.20 Å². The average molecular weight is 336 g/mol. The molecule has 1 saturated carbocycles. The minimum absolute atomic E-state index is 0.184. The number of nitriles is 1. The molecule has 2 unspecified atom stereocenters. The largest absolute Gasteiger partial charge is 0.391 e. The molecule has 1 saturated heterocycles. The summed E-state index contributed by atoms with van der Waals surface area (Å²) in [6.45, 7) is 3.63. The van der Waals surface area contributed by atoms with Gasteiger partial charge >= 0.3 is 0 Å². The Morgan fingerprint density at radius 2 is 1.84 bits per heavy atom. The van der Waals surface area contributed by atoms with E-state index in [0.717, 1.165) is 62.0 Å². The number of para-hydroxylation sites is 1. The number of aliphatic hydroxyl groups excluding tert-OH is 1. The van der Waals surface area contributed by atoms with Crippen molar-refractivity contribution in [2.75, 3.05) is 31.1 Å². The molecule has 5 nitrogen and oxygen atoms in total. The number of benzene rings is 1. The van der Waals surface area contributed by atoms with Crippen LogP contribution in [0.1, 0.15) is 31.2 Å². The maximum absolute atomic E-state index is 10.3. The summed E-state index contributed by atoms with van der Waals surface area (Å²) in [5.41, 5.74) is 2.59. The number of rotatable bonds is 2. The van der Waals surface area contributed by atoms with Crippen molar-refractivity contribution in [3.05, 3.63) is 36.0 Å². The van der Waals surface area contributed by atoms with Crippen LogP contribution < -0.4 is 4.90 Å². The van der Waals surface area contributed by atoms with Gasteiger partial charge in [0.05, 0.1) is 22.9 Å². The molecule has 5 heteroatoms. The van der Waals surface area contributed by atoms with Gasteiger partial charge in [0.2, 0.25) is 0 Å². The van der Waals surface area contributed by atoms with E-state index in [-0.39, 0.29) is 6.10 Å². The number of hydrogen-bond donors (Lipinski definition) is 1. The summed E-state index contributed by atoms with van der Waals surface area (Å²) in [7, 11) is 0. The number of piperazine rings is 1. The van der Waals surface area contributed by atoms with E-state index in [2.05, 4.69) is 26.9 Å². The molecule has 0 amide bonds. The van der Waals surface area contributed by atoms with E-state index in [1.807, 2.05) is 18.2 Å². The van der Waals surface area contributed by atoms with Crippen molar-refractivity contribution in [1.29, 1.82) is 5.26 Å². The first-order valence-electron chi connectivity index (χ1n) is 9.23. The van der Waals surface area contributed by atoms with E-state index in [1.165, 1.54) is 6.42 Å². The second-order valence-corrected chi connectivity index (χ2v) is 7.09. The molecular formula is C20H24N4O. The van der Waals surface area contributed by atoms with E-state index in [4.69, 9.17) is 0 Å². The van der Waals surface area contributed by atoms with Gasteiger partial charge in [0, 0.05) is 43.8 Å². The summed E-state index contributed by atoms with van der Waals surface area (Å²) in [5.74, 6) is 0. The minimum atomic E-state index is -0.184. The number of fused-ring (bicyclic) bond motifs is 1. The van der Waals surface area contributed by atoms with Gasteiger partial charge in [-0.2, -0.15) is 5.26 Å². The van der Waals surface area contributed by atoms with Crippen molar-refractivity contribution in [3.63, 3.8) is 0 Å². The zero-order valence-corrected chi connectivity index (χ0v) is 14.4. The Bertz CT molecular complexity index is 792. The van der Waals surface area contributed by atoms with Crippen LogP contribution in [0.5, 0.6) is 0 Å². The second kappa shape index (κ2) is 6.99. The van der Waals surface area contributed by atoms with Crippen LogP contribution in [0.15, 0.2) is 30.5 Å². The van der Waals surface area contributed by atoms with Gasteiger partial charge in [-0.15, -0.1) is 0 Å². The summed E-state index contributed by atoms with van der Waals surface area (Å²) in [6, 6.07) is 10.6. The zero-order chi connectivity index (χ0) is 17.2. The highest BCUT2D eigenvalue weighted by molar-refractivity contribution is 5.94. The molecule has 25 heavy (non-hydrogen) atoms. The second-order valence-electron chi connectivity index (χ2n) is 7.09. The number of aromatic nitrogens is 1. The van der Waals surface area contributed by atoms with Gasteiger partial charge in [0.15, 0.2) is 0 Å². The van der Waals surface area contributed by atoms with Gasteiger partial charge < -0.3 is 10.0 Å². The van der Waals surface area contributed by atoms with Crippen LogP contribution in [0.2, 0.25) is 0 Å². The molecule has 2 fully saturated rings. The fraction of sp³-hybridized carbons (Fsp3) is 0.500. The summed E-state index contributed by atoms with van der Waals surface area (Å²) in [6.07, 6.45) is 5.90. The van der Waals surface area contributed by atoms with Gasteiger partial charge in [0.25, 0.3) is 0 Å². The van der Waals surface area contributed by atoms with Crippen LogP contribution in [0.3, 0.4) is 0 Å². The first-order valence-corrected chi connectivity index (χ1v) is 9.23. The number of nitrogens with zero attached hydrogens (tertiary/aromatic N) is 4. The molecule has 0 spiro atoms. The van der Waals surface area contributed by atoms with Crippen LogP contribution in [-0.4, -0.2) is 53.3 Å². The molecule has 2 aliphatic rings. The quantitative estimate of drug-likeness (QED) is 0.913. The molecule has 2 aromatic rings. The van der Waals surface area contributed by atoms with Gasteiger partial charge in [0.1, 0.15) is 6.07 Å². The highest BCUT2D eigenvalue weighted by Crippen LogP contribution is 2.31. The van der Waals surface area contributed by atoms with Gasteiger partial charge in [-0.3, -0.25) is 9.88 Å². The van der Waals surface area contributed by atoms with Crippen LogP contribution >= 0.6 is 0 Å². The fourth-order valence-corrected chi connectivity index (χ4v) is 4.34. The van der Waals surface area contributed by atoms with Crippen molar-refractivity contribution in [2.45, 2.75) is 37.8 Å². The van der Waals surface area contributed by atoms with Gasteiger partial charge in [-0.05, 0) is 18.9 Å². The summed E-state index contributed by atoms with van der Waals surface area (Å²) in [4.78, 5) is 9.17. The summed E-state index contributed by atoms with van der Waals surface area (Å²) >= 11 is 0. The molecule has 1 aromatic carbocycles. The van der Waals surface area contributed by atoms with Crippen molar-refractivity contribution >= 4 is 16.6 Å². The van der Waals surface area contributed by atoms with Crippen LogP contribution in [0.4, 0.5) is 5.69 Å². The lowest BCUT2D eigenvalue weighted by atomic mass is 9.91. The van der Waals surface area contributed by atoms with Gasteiger partial charge in [-0.1, -0.05) is 31.0 Å². The third-order valence-corrected chi connectivity index (χ3v) is 5.66. The normalized spacial score (nSPS) is 25.0. The monoisotopic (exact) mass is 336 g/mol. The molecule has 2 heterocycles. The molecule has 0 bridgehead atoms. The molecule has 1 aliphatic carbocycles.